The first kappa shape index (κ1) is 30.0. The molecule has 1 atom stereocenters. The number of likely N-dealkylation sites (tertiary alicyclic amines) is 1. The quantitative estimate of drug-likeness (QED) is 0.227. The SMILES string of the molecule is C=CC(=O)N1CCCC(n2cc(-c3cc4c(-c5cccc(N6CCOc7cc(C8CC8)cc(F)c7C6=O)c5CO)ncnc4[nH]3)cn2)C1. The Labute approximate surface area is 275 Å². The lowest BCUT2D eigenvalue weighted by atomic mass is 9.99. The Hall–Kier alpha value is -5.36. The number of nitrogens with zero attached hydrogens (tertiary/aromatic N) is 6. The highest BCUT2D eigenvalue weighted by molar-refractivity contribution is 6.09. The standard InChI is InChI=1S/C36H34FN7O4/c1-2-32(46)42-10-4-5-24(18-42)44-17-23(16-40-44)29-15-26-34(38-20-39-35(26)41-29)25-6-3-7-30(27(25)19-45)43-11-12-48-31-14-22(21-8-9-21)13-28(37)33(31)36(43)47/h2-3,6-7,13-17,20-21,24,45H,1,4-5,8-12,18-19H2,(H,38,39,41). The number of benzene rings is 2. The highest BCUT2D eigenvalue weighted by atomic mass is 19.1. The maximum absolute atomic E-state index is 15.4. The summed E-state index contributed by atoms with van der Waals surface area (Å²) < 4.78 is 23.2. The van der Waals surface area contributed by atoms with Crippen LogP contribution in [-0.4, -0.2) is 72.8 Å². The molecule has 2 fully saturated rings. The van der Waals surface area contributed by atoms with Crippen molar-refractivity contribution in [2.24, 2.45) is 0 Å². The van der Waals surface area contributed by atoms with Crippen molar-refractivity contribution in [3.8, 4) is 28.3 Å². The van der Waals surface area contributed by atoms with E-state index < -0.39 is 11.7 Å². The minimum atomic E-state index is -0.597. The van der Waals surface area contributed by atoms with Gasteiger partial charge in [-0.15, -0.1) is 0 Å². The van der Waals surface area contributed by atoms with E-state index in [1.807, 2.05) is 23.0 Å². The van der Waals surface area contributed by atoms with E-state index in [4.69, 9.17) is 4.74 Å². The van der Waals surface area contributed by atoms with E-state index in [-0.39, 0.29) is 43.0 Å². The second kappa shape index (κ2) is 12.0. The number of nitrogens with one attached hydrogen (secondary N) is 1. The third-order valence-electron chi connectivity index (χ3n) is 9.61. The number of hydrogen-bond acceptors (Lipinski definition) is 7. The Bertz CT molecular complexity index is 2080. The van der Waals surface area contributed by atoms with E-state index in [0.717, 1.165) is 47.9 Å². The fourth-order valence-electron chi connectivity index (χ4n) is 6.99. The third kappa shape index (κ3) is 5.22. The topological polar surface area (TPSA) is 129 Å². The normalized spacial score (nSPS) is 18.0. The van der Waals surface area contributed by atoms with Crippen LogP contribution >= 0.6 is 0 Å². The van der Waals surface area contributed by atoms with Crippen molar-refractivity contribution in [3.05, 3.63) is 90.3 Å². The minimum absolute atomic E-state index is 0.0544. The summed E-state index contributed by atoms with van der Waals surface area (Å²) >= 11 is 0. The van der Waals surface area contributed by atoms with Crippen LogP contribution < -0.4 is 9.64 Å². The number of aromatic amines is 1. The van der Waals surface area contributed by atoms with E-state index in [9.17, 15) is 14.7 Å². The average molecular weight is 648 g/mol. The van der Waals surface area contributed by atoms with Crippen LogP contribution in [0.1, 0.15) is 59.1 Å². The van der Waals surface area contributed by atoms with Crippen molar-refractivity contribution in [3.63, 3.8) is 0 Å². The highest BCUT2D eigenvalue weighted by Gasteiger charge is 2.33. The van der Waals surface area contributed by atoms with Gasteiger partial charge in [0.15, 0.2) is 0 Å². The molecule has 2 aromatic carbocycles. The number of hydrogen-bond donors (Lipinski definition) is 2. The number of aliphatic hydroxyl groups is 1. The first-order valence-electron chi connectivity index (χ1n) is 16.2. The summed E-state index contributed by atoms with van der Waals surface area (Å²) in [6.45, 7) is 4.87. The van der Waals surface area contributed by atoms with Gasteiger partial charge >= 0.3 is 0 Å². The van der Waals surface area contributed by atoms with Gasteiger partial charge < -0.3 is 24.6 Å². The van der Waals surface area contributed by atoms with Crippen LogP contribution in [0.2, 0.25) is 0 Å². The number of anilines is 1. The molecule has 48 heavy (non-hydrogen) atoms. The Balaban J connectivity index is 1.13. The zero-order valence-corrected chi connectivity index (χ0v) is 26.2. The molecule has 3 aliphatic rings. The van der Waals surface area contributed by atoms with Gasteiger partial charge in [0.1, 0.15) is 35.7 Å². The van der Waals surface area contributed by atoms with Gasteiger partial charge in [0.25, 0.3) is 5.91 Å². The Morgan fingerprint density at radius 1 is 1.17 bits per heavy atom. The van der Waals surface area contributed by atoms with Gasteiger partial charge in [0, 0.05) is 41.4 Å². The van der Waals surface area contributed by atoms with Crippen molar-refractivity contribution >= 4 is 28.5 Å². The zero-order chi connectivity index (χ0) is 32.9. The number of carbonyl (C=O) groups excluding carboxylic acids is 2. The molecule has 1 aliphatic carbocycles. The molecule has 1 saturated heterocycles. The van der Waals surface area contributed by atoms with Crippen LogP contribution in [-0.2, 0) is 11.4 Å². The number of rotatable bonds is 7. The number of carbonyl (C=O) groups is 2. The molecule has 244 valence electrons. The number of amides is 2. The number of aliphatic hydroxyl groups excluding tert-OH is 1. The molecule has 1 saturated carbocycles. The molecule has 8 rings (SSSR count). The number of aromatic nitrogens is 5. The van der Waals surface area contributed by atoms with Gasteiger partial charge in [-0.05, 0) is 67.5 Å². The fraction of sp³-hybridized carbons (Fsp3) is 0.306. The number of piperidine rings is 1. The van der Waals surface area contributed by atoms with Crippen LogP contribution in [0.5, 0.6) is 5.75 Å². The number of halogens is 1. The predicted octanol–water partition coefficient (Wildman–Crippen LogP) is 5.39. The molecule has 2 N–H and O–H groups in total. The molecule has 5 aromatic rings. The molecule has 2 aliphatic heterocycles. The molecule has 12 heteroatoms. The van der Waals surface area contributed by atoms with Crippen molar-refractivity contribution < 1.29 is 23.8 Å². The molecule has 11 nitrogen and oxygen atoms in total. The lowest BCUT2D eigenvalue weighted by Gasteiger charge is -2.32. The monoisotopic (exact) mass is 647 g/mol. The molecule has 0 spiro atoms. The second-order valence-electron chi connectivity index (χ2n) is 12.6. The molecular formula is C36H34FN7O4. The highest BCUT2D eigenvalue weighted by Crippen LogP contribution is 2.43. The molecule has 0 bridgehead atoms. The molecule has 3 aromatic heterocycles. The molecule has 0 radical (unpaired) electrons. The van der Waals surface area contributed by atoms with E-state index in [1.54, 1.807) is 29.3 Å². The Morgan fingerprint density at radius 3 is 2.85 bits per heavy atom. The van der Waals surface area contributed by atoms with Gasteiger partial charge in [0.05, 0.1) is 42.5 Å². The van der Waals surface area contributed by atoms with Crippen LogP contribution in [0, 0.1) is 5.82 Å². The van der Waals surface area contributed by atoms with Crippen molar-refractivity contribution in [1.29, 1.82) is 0 Å². The van der Waals surface area contributed by atoms with Gasteiger partial charge in [-0.3, -0.25) is 14.3 Å². The summed E-state index contributed by atoms with van der Waals surface area (Å²) in [5.74, 6) is -0.615. The lowest BCUT2D eigenvalue weighted by Crippen LogP contribution is -2.39. The molecule has 5 heterocycles. The summed E-state index contributed by atoms with van der Waals surface area (Å²) in [7, 11) is 0. The summed E-state index contributed by atoms with van der Waals surface area (Å²) in [4.78, 5) is 41.8. The van der Waals surface area contributed by atoms with E-state index in [0.29, 0.717) is 47.2 Å². The van der Waals surface area contributed by atoms with Crippen LogP contribution in [0.15, 0.2) is 67.8 Å². The van der Waals surface area contributed by atoms with Crippen molar-refractivity contribution in [2.45, 2.75) is 44.2 Å². The average Bonchev–Trinajstić information content (AvgIpc) is 3.73. The van der Waals surface area contributed by atoms with Gasteiger partial charge in [-0.2, -0.15) is 5.10 Å². The van der Waals surface area contributed by atoms with E-state index in [2.05, 4.69) is 26.6 Å². The summed E-state index contributed by atoms with van der Waals surface area (Å²) in [6.07, 6.45) is 10.4. The third-order valence-corrected chi connectivity index (χ3v) is 9.61. The van der Waals surface area contributed by atoms with E-state index in [1.165, 1.54) is 23.4 Å². The molecule has 1 unspecified atom stereocenters. The number of ether oxygens (including phenoxy) is 1. The van der Waals surface area contributed by atoms with Gasteiger partial charge in [0.2, 0.25) is 5.91 Å². The van der Waals surface area contributed by atoms with E-state index >= 15 is 4.39 Å². The zero-order valence-electron chi connectivity index (χ0n) is 26.2. The number of H-pyrrole nitrogens is 1. The van der Waals surface area contributed by atoms with Crippen LogP contribution in [0.3, 0.4) is 0 Å². The molecule has 2 amide bonds. The van der Waals surface area contributed by atoms with Crippen molar-refractivity contribution in [1.82, 2.24) is 29.6 Å². The fourth-order valence-corrected chi connectivity index (χ4v) is 6.99. The molecular weight excluding hydrogens is 613 g/mol. The first-order valence-corrected chi connectivity index (χ1v) is 16.2. The van der Waals surface area contributed by atoms with Crippen LogP contribution in [0.25, 0.3) is 33.5 Å². The Kier molecular flexibility index (Phi) is 7.51. The summed E-state index contributed by atoms with van der Waals surface area (Å²) in [6, 6.07) is 10.6. The minimum Gasteiger partial charge on any atom is -0.491 e. The van der Waals surface area contributed by atoms with Crippen LogP contribution in [0.4, 0.5) is 10.1 Å². The van der Waals surface area contributed by atoms with Gasteiger partial charge in [-0.1, -0.05) is 18.7 Å². The Morgan fingerprint density at radius 2 is 2.04 bits per heavy atom. The maximum atomic E-state index is 15.4. The summed E-state index contributed by atoms with van der Waals surface area (Å²) in [5.41, 5.74) is 5.13. The lowest BCUT2D eigenvalue weighted by molar-refractivity contribution is -0.127. The van der Waals surface area contributed by atoms with Gasteiger partial charge in [-0.25, -0.2) is 14.4 Å². The predicted molar refractivity (Wildman–Crippen MR) is 177 cm³/mol. The first-order chi connectivity index (χ1) is 23.4. The smallest absolute Gasteiger partial charge is 0.265 e. The maximum Gasteiger partial charge on any atom is 0.265 e. The number of fused-ring (bicyclic) bond motifs is 2. The second-order valence-corrected chi connectivity index (χ2v) is 12.6. The summed E-state index contributed by atoms with van der Waals surface area (Å²) in [5, 5.41) is 16.1. The largest absolute Gasteiger partial charge is 0.491 e. The van der Waals surface area contributed by atoms with Crippen molar-refractivity contribution in [2.75, 3.05) is 31.1 Å².